The van der Waals surface area contributed by atoms with Crippen LogP contribution in [-0.4, -0.2) is 47.4 Å². The zero-order valence-corrected chi connectivity index (χ0v) is 20.7. The van der Waals surface area contributed by atoms with E-state index in [1.807, 2.05) is 24.2 Å². The van der Waals surface area contributed by atoms with E-state index in [-0.39, 0.29) is 29.8 Å². The Bertz CT molecular complexity index is 1000. The average molecular weight is 463 g/mol. The fraction of sp³-hybridized carbons (Fsp3) is 0.536. The Morgan fingerprint density at radius 2 is 1.82 bits per heavy atom. The molecular weight excluding hydrogens is 424 g/mol. The maximum absolute atomic E-state index is 13.9. The first-order valence-corrected chi connectivity index (χ1v) is 12.8. The maximum Gasteiger partial charge on any atom is 0.245 e. The van der Waals surface area contributed by atoms with E-state index in [1.54, 1.807) is 7.05 Å². The summed E-state index contributed by atoms with van der Waals surface area (Å²) in [5, 5.41) is 6.12. The monoisotopic (exact) mass is 462 g/mol. The molecule has 0 unspecified atom stereocenters. The van der Waals surface area contributed by atoms with E-state index < -0.39 is 6.04 Å². The smallest absolute Gasteiger partial charge is 0.245 e. The molecule has 2 aliphatic rings. The average Bonchev–Trinajstić information content (AvgIpc) is 3.37. The first-order chi connectivity index (χ1) is 16.5. The highest BCUT2D eigenvalue weighted by atomic mass is 16.2. The number of hydrogen-bond donors (Lipinski definition) is 2. The molecule has 2 fully saturated rings. The molecule has 4 rings (SSSR count). The Balaban J connectivity index is 1.58. The molecule has 0 spiro atoms. The van der Waals surface area contributed by atoms with Crippen LogP contribution in [0.4, 0.5) is 0 Å². The molecule has 1 aromatic carbocycles. The van der Waals surface area contributed by atoms with Crippen molar-refractivity contribution in [2.24, 2.45) is 5.92 Å². The lowest BCUT2D eigenvalue weighted by Gasteiger charge is -2.35. The summed E-state index contributed by atoms with van der Waals surface area (Å²) in [6, 6.07) is 9.79. The number of hydrogen-bond acceptors (Lipinski definition) is 4. The lowest BCUT2D eigenvalue weighted by Crippen LogP contribution is -2.55. The van der Waals surface area contributed by atoms with Crippen molar-refractivity contribution in [2.75, 3.05) is 13.6 Å². The van der Waals surface area contributed by atoms with Gasteiger partial charge in [0.15, 0.2) is 0 Å². The second-order valence-corrected chi connectivity index (χ2v) is 9.96. The van der Waals surface area contributed by atoms with Crippen LogP contribution in [0.1, 0.15) is 69.0 Å². The Morgan fingerprint density at radius 1 is 1.03 bits per heavy atom. The van der Waals surface area contributed by atoms with Gasteiger partial charge in [-0.1, -0.05) is 49.1 Å². The van der Waals surface area contributed by atoms with Crippen molar-refractivity contribution in [3.05, 3.63) is 53.9 Å². The molecule has 2 heterocycles. The molecule has 1 saturated carbocycles. The Morgan fingerprint density at radius 3 is 2.56 bits per heavy atom. The van der Waals surface area contributed by atoms with Crippen molar-refractivity contribution in [3.63, 3.8) is 0 Å². The van der Waals surface area contributed by atoms with Crippen LogP contribution >= 0.6 is 0 Å². The van der Waals surface area contributed by atoms with Crippen LogP contribution in [-0.2, 0) is 9.59 Å². The van der Waals surface area contributed by atoms with E-state index in [0.29, 0.717) is 0 Å². The summed E-state index contributed by atoms with van der Waals surface area (Å²) in [7, 11) is 1.77. The molecule has 3 atom stereocenters. The molecule has 34 heavy (non-hydrogen) atoms. The number of carbonyl (C=O) groups is 2. The van der Waals surface area contributed by atoms with Gasteiger partial charge in [-0.3, -0.25) is 14.6 Å². The SMILES string of the molecule is CN[C@@H](C)C(=O)N[C@H](C(=O)N1CCC[C@H]1c1cncc(-c2cccc(C)c2)c1)C1CCCCC1. The van der Waals surface area contributed by atoms with Crippen LogP contribution in [0.15, 0.2) is 42.7 Å². The van der Waals surface area contributed by atoms with Crippen LogP contribution in [0.25, 0.3) is 11.1 Å². The van der Waals surface area contributed by atoms with Crippen LogP contribution in [0, 0.1) is 12.8 Å². The molecule has 2 amide bonds. The van der Waals surface area contributed by atoms with Crippen LogP contribution in [0.3, 0.4) is 0 Å². The summed E-state index contributed by atoms with van der Waals surface area (Å²) >= 11 is 0. The number of nitrogens with zero attached hydrogens (tertiary/aromatic N) is 2. The standard InChI is InChI=1S/C28H38N4O2/c1-19-9-7-12-22(15-19)23-16-24(18-30-17-23)25-13-8-14-32(25)28(34)26(21-10-5-4-6-11-21)31-27(33)20(2)29-3/h7,9,12,15-18,20-21,25-26,29H,4-6,8,10-11,13-14H2,1-3H3,(H,31,33)/t20-,25-,26-/m0/s1. The molecule has 2 N–H and O–H groups in total. The number of nitrogens with one attached hydrogen (secondary N) is 2. The number of rotatable bonds is 7. The number of benzene rings is 1. The van der Waals surface area contributed by atoms with Gasteiger partial charge in [-0.15, -0.1) is 0 Å². The summed E-state index contributed by atoms with van der Waals surface area (Å²) in [6.45, 7) is 4.64. The van der Waals surface area contributed by atoms with Crippen molar-refractivity contribution >= 4 is 11.8 Å². The first kappa shape index (κ1) is 24.4. The highest BCUT2D eigenvalue weighted by Crippen LogP contribution is 2.36. The van der Waals surface area contributed by atoms with Crippen molar-refractivity contribution < 1.29 is 9.59 Å². The van der Waals surface area contributed by atoms with Crippen molar-refractivity contribution in [1.29, 1.82) is 0 Å². The summed E-state index contributed by atoms with van der Waals surface area (Å²) in [5.41, 5.74) is 4.49. The number of carbonyl (C=O) groups excluding carboxylic acids is 2. The zero-order chi connectivity index (χ0) is 24.1. The molecule has 6 nitrogen and oxygen atoms in total. The molecule has 182 valence electrons. The fourth-order valence-electron chi connectivity index (χ4n) is 5.44. The molecule has 1 saturated heterocycles. The third kappa shape index (κ3) is 5.49. The van der Waals surface area contributed by atoms with Crippen LogP contribution in [0.2, 0.25) is 0 Å². The molecule has 1 aliphatic carbocycles. The van der Waals surface area contributed by atoms with E-state index in [0.717, 1.165) is 61.8 Å². The van der Waals surface area contributed by atoms with E-state index >= 15 is 0 Å². The lowest BCUT2D eigenvalue weighted by molar-refractivity contribution is -0.139. The molecule has 1 aromatic heterocycles. The van der Waals surface area contributed by atoms with Gasteiger partial charge in [0.05, 0.1) is 12.1 Å². The van der Waals surface area contributed by atoms with Crippen molar-refractivity contribution in [2.45, 2.75) is 76.9 Å². The minimum atomic E-state index is -0.461. The number of likely N-dealkylation sites (N-methyl/N-ethyl adjacent to an activating group) is 1. The zero-order valence-electron chi connectivity index (χ0n) is 20.7. The van der Waals surface area contributed by atoms with E-state index in [1.165, 1.54) is 12.0 Å². The van der Waals surface area contributed by atoms with E-state index in [2.05, 4.69) is 52.9 Å². The Labute approximate surface area is 203 Å². The van der Waals surface area contributed by atoms with Gasteiger partial charge in [0, 0.05) is 24.5 Å². The summed E-state index contributed by atoms with van der Waals surface area (Å²) in [6.07, 6.45) is 11.1. The second-order valence-electron chi connectivity index (χ2n) is 9.96. The van der Waals surface area contributed by atoms with Gasteiger partial charge >= 0.3 is 0 Å². The quantitative estimate of drug-likeness (QED) is 0.640. The van der Waals surface area contributed by atoms with Crippen LogP contribution < -0.4 is 10.6 Å². The highest BCUT2D eigenvalue weighted by molar-refractivity contribution is 5.90. The highest BCUT2D eigenvalue weighted by Gasteiger charge is 2.39. The van der Waals surface area contributed by atoms with Gasteiger partial charge in [0.25, 0.3) is 0 Å². The third-order valence-electron chi connectivity index (χ3n) is 7.54. The molecular formula is C28H38N4O2. The van der Waals surface area contributed by atoms with Gasteiger partial charge < -0.3 is 15.5 Å². The largest absolute Gasteiger partial charge is 0.343 e. The van der Waals surface area contributed by atoms with Gasteiger partial charge in [0.2, 0.25) is 11.8 Å². The normalized spacial score (nSPS) is 20.7. The fourth-order valence-corrected chi connectivity index (χ4v) is 5.44. The van der Waals surface area contributed by atoms with Crippen LogP contribution in [0.5, 0.6) is 0 Å². The molecule has 0 radical (unpaired) electrons. The molecule has 6 heteroatoms. The van der Waals surface area contributed by atoms with E-state index in [4.69, 9.17) is 0 Å². The van der Waals surface area contributed by atoms with Gasteiger partial charge in [-0.25, -0.2) is 0 Å². The first-order valence-electron chi connectivity index (χ1n) is 12.8. The predicted octanol–water partition coefficient (Wildman–Crippen LogP) is 4.39. The topological polar surface area (TPSA) is 74.3 Å². The Kier molecular flexibility index (Phi) is 7.99. The second kappa shape index (κ2) is 11.1. The number of aryl methyl sites for hydroxylation is 1. The third-order valence-corrected chi connectivity index (χ3v) is 7.54. The summed E-state index contributed by atoms with van der Waals surface area (Å²) in [4.78, 5) is 33.2. The molecule has 0 bridgehead atoms. The van der Waals surface area contributed by atoms with Gasteiger partial charge in [-0.2, -0.15) is 0 Å². The minimum absolute atomic E-state index is 0.00512. The number of likely N-dealkylation sites (tertiary alicyclic amines) is 1. The van der Waals surface area contributed by atoms with Gasteiger partial charge in [-0.05, 0) is 69.7 Å². The summed E-state index contributed by atoms with van der Waals surface area (Å²) < 4.78 is 0. The van der Waals surface area contributed by atoms with Gasteiger partial charge in [0.1, 0.15) is 6.04 Å². The molecule has 2 aromatic rings. The number of pyridine rings is 1. The number of aromatic nitrogens is 1. The van der Waals surface area contributed by atoms with E-state index in [9.17, 15) is 9.59 Å². The predicted molar refractivity (Wildman–Crippen MR) is 135 cm³/mol. The van der Waals surface area contributed by atoms with Crippen molar-refractivity contribution in [1.82, 2.24) is 20.5 Å². The Hall–Kier alpha value is -2.73. The van der Waals surface area contributed by atoms with Crippen molar-refractivity contribution in [3.8, 4) is 11.1 Å². The summed E-state index contributed by atoms with van der Waals surface area (Å²) in [5.74, 6) is 0.157. The molecule has 1 aliphatic heterocycles. The minimum Gasteiger partial charge on any atom is -0.343 e. The number of amides is 2. The maximum atomic E-state index is 13.9. The lowest BCUT2D eigenvalue weighted by atomic mass is 9.83.